The van der Waals surface area contributed by atoms with Gasteiger partial charge in [-0.1, -0.05) is 229 Å². The van der Waals surface area contributed by atoms with Crippen molar-refractivity contribution >= 4 is 105 Å². The van der Waals surface area contributed by atoms with Crippen LogP contribution in [-0.4, -0.2) is 37.0 Å². The molecule has 106 heavy (non-hydrogen) atoms. The van der Waals surface area contributed by atoms with Crippen molar-refractivity contribution in [1.29, 1.82) is 0 Å². The molecule has 19 rings (SSSR count). The first-order valence-electron chi connectivity index (χ1n) is 37.0. The van der Waals surface area contributed by atoms with Crippen LogP contribution in [0.2, 0.25) is 0 Å². The molecule has 0 saturated carbocycles. The van der Waals surface area contributed by atoms with Crippen LogP contribution in [0.1, 0.15) is 105 Å². The molecule has 514 valence electrons. The molecular weight excluding hydrogens is 1290 g/mol. The minimum Gasteiger partial charge on any atom is -0.318 e. The Morgan fingerprint density at radius 2 is 0.623 bits per heavy atom. The van der Waals surface area contributed by atoms with Crippen LogP contribution >= 0.6 is 0 Å². The van der Waals surface area contributed by atoms with Crippen molar-refractivity contribution in [2.24, 2.45) is 0 Å². The number of hydrogen-bond donors (Lipinski definition) is 0. The first-order valence-corrected chi connectivity index (χ1v) is 37.0. The number of fused-ring (bicyclic) bond motifs is 16. The lowest BCUT2D eigenvalue weighted by molar-refractivity contribution is 0.590. The molecular formula is C97H81N9. The Kier molecular flexibility index (Phi) is 14.1. The summed E-state index contributed by atoms with van der Waals surface area (Å²) < 4.78 is 14.2. The second-order valence-corrected chi connectivity index (χ2v) is 33.1. The van der Waals surface area contributed by atoms with E-state index in [1.165, 1.54) is 22.3 Å². The van der Waals surface area contributed by atoms with Gasteiger partial charge in [-0.15, -0.1) is 0 Å². The van der Waals surface area contributed by atoms with Crippen LogP contribution in [0.4, 0.5) is 5.69 Å². The fraction of sp³-hybridized carbons (Fsp3) is 0.165. The number of nitrogens with zero attached hydrogens (tertiary/aromatic N) is 9. The van der Waals surface area contributed by atoms with Crippen molar-refractivity contribution in [1.82, 2.24) is 37.0 Å². The highest BCUT2D eigenvalue weighted by atomic mass is 15.2. The summed E-state index contributed by atoms with van der Waals surface area (Å²) in [7, 11) is 0. The topological polar surface area (TPSA) is 58.7 Å². The zero-order chi connectivity index (χ0) is 72.6. The zero-order valence-electron chi connectivity index (χ0n) is 62.0. The molecule has 9 heteroatoms. The van der Waals surface area contributed by atoms with Crippen molar-refractivity contribution < 1.29 is 0 Å². The fourth-order valence-electron chi connectivity index (χ4n) is 16.6. The van der Waals surface area contributed by atoms with Gasteiger partial charge in [-0.05, 0) is 210 Å². The molecule has 9 nitrogen and oxygen atoms in total. The summed E-state index contributed by atoms with van der Waals surface area (Å²) in [5.74, 6) is 1.61. The highest BCUT2D eigenvalue weighted by Gasteiger charge is 2.32. The minimum atomic E-state index is -0.152. The summed E-state index contributed by atoms with van der Waals surface area (Å²) in [4.78, 5) is 16.3. The van der Waals surface area contributed by atoms with E-state index < -0.39 is 0 Å². The van der Waals surface area contributed by atoms with Crippen LogP contribution in [0.5, 0.6) is 0 Å². The third-order valence-corrected chi connectivity index (χ3v) is 22.3. The summed E-state index contributed by atoms with van der Waals surface area (Å²) in [6.07, 6.45) is 0. The lowest BCUT2D eigenvalue weighted by Gasteiger charge is -2.24. The summed E-state index contributed by atoms with van der Waals surface area (Å²) in [5, 5.41) is 4.59. The van der Waals surface area contributed by atoms with E-state index in [9.17, 15) is 6.57 Å². The molecule has 6 aromatic heterocycles. The van der Waals surface area contributed by atoms with Crippen molar-refractivity contribution in [3.63, 3.8) is 0 Å². The monoisotopic (exact) mass is 1370 g/mol. The maximum atomic E-state index is 10.3. The average molecular weight is 1370 g/mol. The molecule has 0 atom stereocenters. The van der Waals surface area contributed by atoms with Gasteiger partial charge in [0.25, 0.3) is 0 Å². The average Bonchev–Trinajstić information content (AvgIpc) is 1.25. The molecule has 0 bridgehead atoms. The molecule has 0 spiro atoms. The van der Waals surface area contributed by atoms with Gasteiger partial charge in [-0.3, -0.25) is 17.9 Å². The predicted octanol–water partition coefficient (Wildman–Crippen LogP) is 25.8. The lowest BCUT2D eigenvalue weighted by atomic mass is 9.85. The summed E-state index contributed by atoms with van der Waals surface area (Å²) in [6, 6.07) is 100. The van der Waals surface area contributed by atoms with Gasteiger partial charge in [-0.25, -0.2) is 14.8 Å². The van der Waals surface area contributed by atoms with Crippen molar-refractivity contribution in [2.75, 3.05) is 0 Å². The normalized spacial score (nSPS) is 12.7. The Morgan fingerprint density at radius 3 is 1.01 bits per heavy atom. The van der Waals surface area contributed by atoms with Gasteiger partial charge in [-0.2, -0.15) is 0 Å². The maximum absolute atomic E-state index is 10.3. The van der Waals surface area contributed by atoms with E-state index in [1.807, 2.05) is 0 Å². The van der Waals surface area contributed by atoms with E-state index in [1.54, 1.807) is 0 Å². The van der Waals surface area contributed by atoms with Crippen LogP contribution in [0, 0.1) is 6.57 Å². The Bertz CT molecular complexity index is 6750. The van der Waals surface area contributed by atoms with Crippen LogP contribution in [0.3, 0.4) is 0 Å². The Morgan fingerprint density at radius 1 is 0.283 bits per heavy atom. The van der Waals surface area contributed by atoms with Gasteiger partial charge in [0.05, 0.1) is 78.5 Å². The number of imidazole rings is 4. The van der Waals surface area contributed by atoms with E-state index >= 15 is 0 Å². The molecule has 19 aromatic rings. The third-order valence-electron chi connectivity index (χ3n) is 22.3. The smallest absolute Gasteiger partial charge is 0.220 e. The molecule has 0 aliphatic carbocycles. The molecule has 0 fully saturated rings. The highest BCUT2D eigenvalue weighted by molar-refractivity contribution is 6.15. The largest absolute Gasteiger partial charge is 0.318 e. The predicted molar refractivity (Wildman–Crippen MR) is 444 cm³/mol. The second kappa shape index (κ2) is 23.2. The summed E-state index contributed by atoms with van der Waals surface area (Å²) in [5.41, 5.74) is 28.5. The molecule has 0 aliphatic rings. The number of hydrogen-bond acceptors (Lipinski definition) is 2. The third kappa shape index (κ3) is 10.0. The van der Waals surface area contributed by atoms with E-state index in [4.69, 9.17) is 14.8 Å². The summed E-state index contributed by atoms with van der Waals surface area (Å²) >= 11 is 0. The molecule has 0 radical (unpaired) electrons. The van der Waals surface area contributed by atoms with E-state index in [-0.39, 0.29) is 21.7 Å². The number of benzene rings is 13. The summed E-state index contributed by atoms with van der Waals surface area (Å²) in [6.45, 7) is 38.0. The molecule has 0 aliphatic heterocycles. The maximum Gasteiger partial charge on any atom is 0.220 e. The number of para-hydroxylation sites is 2. The second-order valence-electron chi connectivity index (χ2n) is 33.1. The fourth-order valence-corrected chi connectivity index (χ4v) is 16.6. The standard InChI is InChI=1S/C97H81N9/c1-94(2,3)65-38-46-78-72(54-65)73-55-66(95(4,5)6)39-47-79(73)103(78)88-58-71(63-34-42-76-84(52-63)105-86-50-61(59-26-18-14-19-27-59)36-44-82(86)101(92(105)99-76)69-30-22-16-23-31-69)91(104-80-48-40-67(96(7,8)9)56-74(80)75-57-68(97(10,11)12)41-49-81(75)104)90(98-13)89(88)64-35-43-77-85(53-64)106-87-51-62(60-28-20-15-21-29-60)37-45-83(87)102(93(106)100-77)70-32-24-17-25-33-70/h14-58H,1-12H3. The van der Waals surface area contributed by atoms with E-state index in [0.29, 0.717) is 5.69 Å². The van der Waals surface area contributed by atoms with Crippen LogP contribution in [0.25, 0.3) is 171 Å². The molecule has 6 heterocycles. The number of aromatic nitrogens is 8. The van der Waals surface area contributed by atoms with Gasteiger partial charge < -0.3 is 9.13 Å². The van der Waals surface area contributed by atoms with Crippen LogP contribution < -0.4 is 0 Å². The quantitative estimate of drug-likeness (QED) is 0.142. The van der Waals surface area contributed by atoms with Crippen molar-refractivity contribution in [2.45, 2.75) is 105 Å². The van der Waals surface area contributed by atoms with Gasteiger partial charge >= 0.3 is 0 Å². The van der Waals surface area contributed by atoms with Crippen molar-refractivity contribution in [3.05, 3.63) is 307 Å². The molecule has 0 N–H and O–H groups in total. The van der Waals surface area contributed by atoms with Crippen LogP contribution in [-0.2, 0) is 21.7 Å². The van der Waals surface area contributed by atoms with Gasteiger partial charge in [0.15, 0.2) is 0 Å². The van der Waals surface area contributed by atoms with Gasteiger partial charge in [0.2, 0.25) is 17.2 Å². The van der Waals surface area contributed by atoms with Crippen molar-refractivity contribution in [3.8, 4) is 67.3 Å². The minimum absolute atomic E-state index is 0.142. The molecule has 0 unspecified atom stereocenters. The molecule has 0 saturated heterocycles. The Labute approximate surface area is 617 Å². The Balaban J connectivity index is 0.998. The zero-order valence-corrected chi connectivity index (χ0v) is 62.0. The van der Waals surface area contributed by atoms with E-state index in [2.05, 4.69) is 383 Å². The van der Waals surface area contributed by atoms with E-state index in [0.717, 1.165) is 167 Å². The van der Waals surface area contributed by atoms with Crippen LogP contribution in [0.15, 0.2) is 273 Å². The highest BCUT2D eigenvalue weighted by Crippen LogP contribution is 2.53. The number of rotatable bonds is 8. The van der Waals surface area contributed by atoms with Gasteiger partial charge in [0.1, 0.15) is 0 Å². The SMILES string of the molecule is [C-]#[N+]c1c(-c2ccc3nc4n(-c5ccccc5)c5ccc(-c6ccccc6)cc5n4c3c2)c(-n2c3ccc(C(C)(C)C)cc3c3cc(C(C)(C)C)ccc32)cc(-c2ccc3nc4n(-c5ccccc5)c5ccc(-c6ccccc6)cc5n4c3c2)c1-n1c2ccc(C(C)(C)C)cc2c2cc(C(C)(C)C)ccc21. The lowest BCUT2D eigenvalue weighted by Crippen LogP contribution is -2.10. The van der Waals surface area contributed by atoms with Gasteiger partial charge in [0, 0.05) is 44.2 Å². The first-order chi connectivity index (χ1) is 51.0. The first kappa shape index (κ1) is 64.3. The Hall–Kier alpha value is -12.5. The molecule has 13 aromatic carbocycles. The molecule has 0 amide bonds.